The Labute approximate surface area is 178 Å². The molecule has 160 valence electrons. The first kappa shape index (κ1) is 20.8. The van der Waals surface area contributed by atoms with Crippen LogP contribution in [0.4, 0.5) is 11.4 Å². The van der Waals surface area contributed by atoms with Crippen LogP contribution in [0.3, 0.4) is 0 Å². The molecule has 1 aromatic heterocycles. The molecule has 3 heterocycles. The number of hydrogen-bond acceptors (Lipinski definition) is 6. The number of morpholine rings is 1. The fourth-order valence-corrected chi connectivity index (χ4v) is 4.02. The number of pyridine rings is 1. The van der Waals surface area contributed by atoms with Crippen LogP contribution in [0.5, 0.6) is 0 Å². The largest absolute Gasteiger partial charge is 0.378 e. The molecule has 0 bridgehead atoms. The fourth-order valence-electron chi connectivity index (χ4n) is 4.02. The van der Waals surface area contributed by atoms with Crippen molar-refractivity contribution in [3.63, 3.8) is 0 Å². The van der Waals surface area contributed by atoms with E-state index in [4.69, 9.17) is 4.74 Å². The maximum atomic E-state index is 12.8. The van der Waals surface area contributed by atoms with Crippen molar-refractivity contribution in [1.29, 1.82) is 0 Å². The van der Waals surface area contributed by atoms with Gasteiger partial charge in [-0.15, -0.1) is 0 Å². The molecule has 1 N–H and O–H groups in total. The summed E-state index contributed by atoms with van der Waals surface area (Å²) in [4.78, 5) is 24.1. The van der Waals surface area contributed by atoms with E-state index in [1.165, 1.54) is 5.69 Å². The zero-order chi connectivity index (χ0) is 20.8. The Morgan fingerprint density at radius 1 is 1.03 bits per heavy atom. The van der Waals surface area contributed by atoms with Gasteiger partial charge in [0, 0.05) is 63.4 Å². The van der Waals surface area contributed by atoms with Gasteiger partial charge < -0.3 is 15.0 Å². The van der Waals surface area contributed by atoms with Gasteiger partial charge in [0.25, 0.3) is 0 Å². The quantitative estimate of drug-likeness (QED) is 0.788. The molecule has 1 atom stereocenters. The molecule has 2 aliphatic rings. The summed E-state index contributed by atoms with van der Waals surface area (Å²) in [5, 5.41) is 3.07. The molecule has 0 spiro atoms. The number of carbonyl (C=O) groups excluding carboxylic acids is 1. The van der Waals surface area contributed by atoms with Crippen LogP contribution in [0.1, 0.15) is 12.6 Å². The highest BCUT2D eigenvalue weighted by molar-refractivity contribution is 5.94. The first-order valence-electron chi connectivity index (χ1n) is 10.8. The number of amides is 1. The average molecular weight is 410 g/mol. The summed E-state index contributed by atoms with van der Waals surface area (Å²) in [6.45, 7) is 9.89. The van der Waals surface area contributed by atoms with Gasteiger partial charge in [0.05, 0.1) is 24.9 Å². The molecule has 7 heteroatoms. The van der Waals surface area contributed by atoms with Gasteiger partial charge in [0.2, 0.25) is 5.91 Å². The lowest BCUT2D eigenvalue weighted by molar-refractivity contribution is -0.121. The number of hydrogen-bond donors (Lipinski definition) is 1. The van der Waals surface area contributed by atoms with E-state index in [1.807, 2.05) is 37.4 Å². The van der Waals surface area contributed by atoms with Crippen LogP contribution in [-0.4, -0.2) is 79.2 Å². The molecule has 2 aromatic rings. The molecule has 2 saturated heterocycles. The zero-order valence-corrected chi connectivity index (χ0v) is 17.7. The number of rotatable bonds is 6. The van der Waals surface area contributed by atoms with Gasteiger partial charge >= 0.3 is 0 Å². The van der Waals surface area contributed by atoms with Crippen molar-refractivity contribution in [3.05, 3.63) is 54.4 Å². The molecule has 7 nitrogen and oxygen atoms in total. The van der Waals surface area contributed by atoms with Crippen LogP contribution in [0.15, 0.2) is 48.7 Å². The van der Waals surface area contributed by atoms with Crippen molar-refractivity contribution in [2.24, 2.45) is 0 Å². The van der Waals surface area contributed by atoms with E-state index in [0.29, 0.717) is 0 Å². The molecule has 2 fully saturated rings. The lowest BCUT2D eigenvalue weighted by Crippen LogP contribution is -2.52. The first-order chi connectivity index (χ1) is 14.7. The minimum atomic E-state index is -0.152. The summed E-state index contributed by atoms with van der Waals surface area (Å²) in [7, 11) is 0. The minimum absolute atomic E-state index is 0.0484. The van der Waals surface area contributed by atoms with Gasteiger partial charge in [-0.2, -0.15) is 0 Å². The number of anilines is 2. The molecule has 4 rings (SSSR count). The van der Waals surface area contributed by atoms with Crippen molar-refractivity contribution in [2.45, 2.75) is 19.5 Å². The number of carbonyl (C=O) groups is 1. The van der Waals surface area contributed by atoms with Crippen LogP contribution in [0.2, 0.25) is 0 Å². The first-order valence-corrected chi connectivity index (χ1v) is 10.8. The van der Waals surface area contributed by atoms with Gasteiger partial charge in [-0.3, -0.25) is 19.6 Å². The Morgan fingerprint density at radius 2 is 1.77 bits per heavy atom. The molecule has 0 aliphatic carbocycles. The van der Waals surface area contributed by atoms with Crippen molar-refractivity contribution in [3.8, 4) is 0 Å². The standard InChI is InChI=1S/C23H31N5O2/c1-19(27-12-10-26(11-13-27)18-21-4-2-3-9-24-21)23(29)25-20-5-7-22(8-6-20)28-14-16-30-17-15-28/h2-9,19H,10-18H2,1H3,(H,25,29). The third-order valence-corrected chi connectivity index (χ3v) is 5.96. The van der Waals surface area contributed by atoms with Crippen molar-refractivity contribution >= 4 is 17.3 Å². The Hall–Kier alpha value is -2.48. The van der Waals surface area contributed by atoms with Crippen LogP contribution in [0, 0.1) is 0 Å². The normalized spacial score (nSPS) is 19.4. The summed E-state index contributed by atoms with van der Waals surface area (Å²) >= 11 is 0. The predicted molar refractivity (Wildman–Crippen MR) is 119 cm³/mol. The van der Waals surface area contributed by atoms with Crippen molar-refractivity contribution in [1.82, 2.24) is 14.8 Å². The fraction of sp³-hybridized carbons (Fsp3) is 0.478. The topological polar surface area (TPSA) is 60.9 Å². The third kappa shape index (κ3) is 5.36. The second kappa shape index (κ2) is 10.0. The average Bonchev–Trinajstić information content (AvgIpc) is 2.81. The Morgan fingerprint density at radius 3 is 2.43 bits per heavy atom. The Balaban J connectivity index is 1.25. The van der Waals surface area contributed by atoms with E-state index in [9.17, 15) is 4.79 Å². The lowest BCUT2D eigenvalue weighted by atomic mass is 10.2. The van der Waals surface area contributed by atoms with Gasteiger partial charge in [-0.25, -0.2) is 0 Å². The zero-order valence-electron chi connectivity index (χ0n) is 17.7. The Kier molecular flexibility index (Phi) is 6.94. The van der Waals surface area contributed by atoms with Gasteiger partial charge in [-0.1, -0.05) is 6.07 Å². The monoisotopic (exact) mass is 409 g/mol. The highest BCUT2D eigenvalue weighted by atomic mass is 16.5. The molecular formula is C23H31N5O2. The van der Waals surface area contributed by atoms with Crippen molar-refractivity contribution in [2.75, 3.05) is 62.7 Å². The molecule has 1 unspecified atom stereocenters. The molecule has 1 aromatic carbocycles. The van der Waals surface area contributed by atoms with Crippen LogP contribution >= 0.6 is 0 Å². The van der Waals surface area contributed by atoms with Crippen molar-refractivity contribution < 1.29 is 9.53 Å². The van der Waals surface area contributed by atoms with Gasteiger partial charge in [0.15, 0.2) is 0 Å². The maximum Gasteiger partial charge on any atom is 0.241 e. The van der Waals surface area contributed by atoms with E-state index in [1.54, 1.807) is 0 Å². The molecule has 0 saturated carbocycles. The van der Waals surface area contributed by atoms with E-state index < -0.39 is 0 Å². The van der Waals surface area contributed by atoms with E-state index in [0.717, 1.165) is 70.4 Å². The summed E-state index contributed by atoms with van der Waals surface area (Å²) in [5.41, 5.74) is 3.11. The van der Waals surface area contributed by atoms with Crippen LogP contribution in [0.25, 0.3) is 0 Å². The lowest BCUT2D eigenvalue weighted by Gasteiger charge is -2.37. The van der Waals surface area contributed by atoms with E-state index in [-0.39, 0.29) is 11.9 Å². The summed E-state index contributed by atoms with van der Waals surface area (Å²) in [6.07, 6.45) is 1.84. The second-order valence-corrected chi connectivity index (χ2v) is 7.94. The van der Waals surface area contributed by atoms with Crippen LogP contribution < -0.4 is 10.2 Å². The number of ether oxygens (including phenoxy) is 1. The third-order valence-electron chi connectivity index (χ3n) is 5.96. The summed E-state index contributed by atoms with van der Waals surface area (Å²) < 4.78 is 5.41. The van der Waals surface area contributed by atoms with Gasteiger partial charge in [-0.05, 0) is 43.3 Å². The predicted octanol–water partition coefficient (Wildman–Crippen LogP) is 2.06. The van der Waals surface area contributed by atoms with E-state index >= 15 is 0 Å². The number of nitrogens with zero attached hydrogens (tertiary/aromatic N) is 4. The molecule has 2 aliphatic heterocycles. The molecular weight excluding hydrogens is 378 g/mol. The molecule has 30 heavy (non-hydrogen) atoms. The summed E-state index contributed by atoms with van der Waals surface area (Å²) in [6, 6.07) is 14.0. The SMILES string of the molecule is CC(C(=O)Nc1ccc(N2CCOCC2)cc1)N1CCN(Cc2ccccn2)CC1. The number of piperazine rings is 1. The Bertz CT molecular complexity index is 800. The smallest absolute Gasteiger partial charge is 0.241 e. The highest BCUT2D eigenvalue weighted by Crippen LogP contribution is 2.19. The number of nitrogens with one attached hydrogen (secondary N) is 1. The maximum absolute atomic E-state index is 12.8. The number of aromatic nitrogens is 1. The molecule has 1 amide bonds. The number of benzene rings is 1. The molecule has 0 radical (unpaired) electrons. The van der Waals surface area contributed by atoms with E-state index in [2.05, 4.69) is 43.2 Å². The summed E-state index contributed by atoms with van der Waals surface area (Å²) in [5.74, 6) is 0.0484. The van der Waals surface area contributed by atoms with Crippen LogP contribution in [-0.2, 0) is 16.1 Å². The highest BCUT2D eigenvalue weighted by Gasteiger charge is 2.25. The second-order valence-electron chi connectivity index (χ2n) is 7.94. The van der Waals surface area contributed by atoms with Gasteiger partial charge in [0.1, 0.15) is 0 Å². The minimum Gasteiger partial charge on any atom is -0.378 e.